The van der Waals surface area contributed by atoms with Gasteiger partial charge in [0.2, 0.25) is 5.91 Å². The number of hydrogen-bond acceptors (Lipinski definition) is 3. The van der Waals surface area contributed by atoms with Crippen LogP contribution in [0.2, 0.25) is 0 Å². The molecule has 1 heterocycles. The van der Waals surface area contributed by atoms with Crippen molar-refractivity contribution in [3.8, 4) is 5.75 Å². The Bertz CT molecular complexity index is 657. The summed E-state index contributed by atoms with van der Waals surface area (Å²) in [5.74, 6) is 0.699. The van der Waals surface area contributed by atoms with Crippen molar-refractivity contribution in [1.82, 2.24) is 14.9 Å². The summed E-state index contributed by atoms with van der Waals surface area (Å²) < 4.78 is 7.47. The van der Waals surface area contributed by atoms with E-state index in [1.807, 2.05) is 32.0 Å². The first-order valence-corrected chi connectivity index (χ1v) is 6.48. The van der Waals surface area contributed by atoms with E-state index in [1.165, 1.54) is 0 Å². The quantitative estimate of drug-likeness (QED) is 0.844. The molecule has 0 fully saturated rings. The summed E-state index contributed by atoms with van der Waals surface area (Å²) in [5, 5.41) is 2.85. The summed E-state index contributed by atoms with van der Waals surface area (Å²) in [7, 11) is 1.61. The molecule has 19 heavy (non-hydrogen) atoms. The summed E-state index contributed by atoms with van der Waals surface area (Å²) in [6.45, 7) is 4.07. The first-order chi connectivity index (χ1) is 9.01. The van der Waals surface area contributed by atoms with Crippen LogP contribution in [0.3, 0.4) is 0 Å². The highest BCUT2D eigenvalue weighted by Crippen LogP contribution is 2.20. The Labute approximate surface area is 116 Å². The average Bonchev–Trinajstić information content (AvgIpc) is 2.64. The molecule has 0 bridgehead atoms. The van der Waals surface area contributed by atoms with E-state index in [1.54, 1.807) is 11.7 Å². The van der Waals surface area contributed by atoms with Gasteiger partial charge in [-0.05, 0) is 38.2 Å². The molecule has 5 nitrogen and oxygen atoms in total. The number of carbonyl (C=O) groups is 1. The lowest BCUT2D eigenvalue weighted by Crippen LogP contribution is -2.33. The minimum absolute atomic E-state index is 0.0529. The van der Waals surface area contributed by atoms with Crippen LogP contribution in [-0.2, 0) is 11.3 Å². The number of aromatic amines is 1. The Hall–Kier alpha value is -1.82. The average molecular weight is 279 g/mol. The van der Waals surface area contributed by atoms with Gasteiger partial charge in [-0.15, -0.1) is 0 Å². The van der Waals surface area contributed by atoms with E-state index in [4.69, 9.17) is 17.0 Å². The highest BCUT2D eigenvalue weighted by atomic mass is 32.1. The van der Waals surface area contributed by atoms with Gasteiger partial charge in [-0.1, -0.05) is 0 Å². The van der Waals surface area contributed by atoms with Crippen molar-refractivity contribution in [3.63, 3.8) is 0 Å². The van der Waals surface area contributed by atoms with E-state index in [2.05, 4.69) is 10.3 Å². The van der Waals surface area contributed by atoms with E-state index >= 15 is 0 Å². The summed E-state index contributed by atoms with van der Waals surface area (Å²) in [4.78, 5) is 14.9. The number of aromatic nitrogens is 2. The standard InChI is InChI=1S/C13H17N3O2S/c1-8(2)14-12(17)7-16-11-5-4-9(18-3)6-10(11)15-13(16)19/h4-6,8H,7H2,1-3H3,(H,14,17)(H,15,19). The van der Waals surface area contributed by atoms with Gasteiger partial charge in [0.15, 0.2) is 4.77 Å². The van der Waals surface area contributed by atoms with Gasteiger partial charge in [0.25, 0.3) is 0 Å². The summed E-state index contributed by atoms with van der Waals surface area (Å²) in [6, 6.07) is 5.72. The number of rotatable bonds is 4. The number of imidazole rings is 1. The number of carbonyl (C=O) groups excluding carboxylic acids is 1. The Morgan fingerprint density at radius 2 is 2.26 bits per heavy atom. The van der Waals surface area contributed by atoms with Crippen LogP contribution in [-0.4, -0.2) is 28.6 Å². The second kappa shape index (κ2) is 5.44. The molecule has 0 aliphatic rings. The van der Waals surface area contributed by atoms with Gasteiger partial charge < -0.3 is 19.6 Å². The number of benzene rings is 1. The first-order valence-electron chi connectivity index (χ1n) is 6.07. The molecule has 1 aromatic heterocycles. The lowest BCUT2D eigenvalue weighted by Gasteiger charge is -2.09. The SMILES string of the molecule is COc1ccc2c(c1)[nH]c(=S)n2CC(=O)NC(C)C. The fraction of sp³-hybridized carbons (Fsp3) is 0.385. The number of ether oxygens (including phenoxy) is 1. The highest BCUT2D eigenvalue weighted by molar-refractivity contribution is 7.71. The van der Waals surface area contributed by atoms with Crippen molar-refractivity contribution in [2.24, 2.45) is 0 Å². The summed E-state index contributed by atoms with van der Waals surface area (Å²) in [5.41, 5.74) is 1.76. The van der Waals surface area contributed by atoms with E-state index < -0.39 is 0 Å². The maximum Gasteiger partial charge on any atom is 0.240 e. The Morgan fingerprint density at radius 3 is 2.89 bits per heavy atom. The van der Waals surface area contributed by atoms with E-state index in [0.29, 0.717) is 4.77 Å². The van der Waals surface area contributed by atoms with Crippen LogP contribution in [0.5, 0.6) is 5.75 Å². The van der Waals surface area contributed by atoms with Gasteiger partial charge >= 0.3 is 0 Å². The fourth-order valence-electron chi connectivity index (χ4n) is 1.94. The minimum Gasteiger partial charge on any atom is -0.497 e. The number of amides is 1. The molecule has 0 saturated heterocycles. The molecule has 6 heteroatoms. The Kier molecular flexibility index (Phi) is 3.90. The van der Waals surface area contributed by atoms with Crippen molar-refractivity contribution in [3.05, 3.63) is 23.0 Å². The molecule has 0 radical (unpaired) electrons. The van der Waals surface area contributed by atoms with Gasteiger partial charge in [0.05, 0.1) is 18.1 Å². The number of hydrogen-bond donors (Lipinski definition) is 2. The molecule has 0 unspecified atom stereocenters. The van der Waals surface area contributed by atoms with Crippen LogP contribution >= 0.6 is 12.2 Å². The van der Waals surface area contributed by atoms with Gasteiger partial charge in [0.1, 0.15) is 12.3 Å². The molecule has 1 aromatic carbocycles. The van der Waals surface area contributed by atoms with Crippen LogP contribution in [0.1, 0.15) is 13.8 Å². The van der Waals surface area contributed by atoms with E-state index in [9.17, 15) is 4.79 Å². The molecule has 1 amide bonds. The number of nitrogens with zero attached hydrogens (tertiary/aromatic N) is 1. The second-order valence-corrected chi connectivity index (χ2v) is 5.01. The van der Waals surface area contributed by atoms with Crippen molar-refractivity contribution >= 4 is 29.2 Å². The largest absolute Gasteiger partial charge is 0.497 e. The predicted molar refractivity (Wildman–Crippen MR) is 77.0 cm³/mol. The van der Waals surface area contributed by atoms with Gasteiger partial charge in [-0.3, -0.25) is 4.79 Å². The lowest BCUT2D eigenvalue weighted by atomic mass is 10.3. The monoisotopic (exact) mass is 279 g/mol. The molecule has 102 valence electrons. The zero-order chi connectivity index (χ0) is 14.0. The number of nitrogens with one attached hydrogen (secondary N) is 2. The molecule has 0 atom stereocenters. The zero-order valence-corrected chi connectivity index (χ0v) is 12.0. The third kappa shape index (κ3) is 2.96. The summed E-state index contributed by atoms with van der Waals surface area (Å²) in [6.07, 6.45) is 0. The molecule has 0 aliphatic heterocycles. The van der Waals surface area contributed by atoms with Gasteiger partial charge in [-0.2, -0.15) is 0 Å². The van der Waals surface area contributed by atoms with Crippen LogP contribution in [0.4, 0.5) is 0 Å². The predicted octanol–water partition coefficient (Wildman–Crippen LogP) is 2.23. The molecule has 2 aromatic rings. The second-order valence-electron chi connectivity index (χ2n) is 4.62. The van der Waals surface area contributed by atoms with Crippen LogP contribution in [0.25, 0.3) is 11.0 Å². The molecular weight excluding hydrogens is 262 g/mol. The van der Waals surface area contributed by atoms with Crippen LogP contribution < -0.4 is 10.1 Å². The zero-order valence-electron chi connectivity index (χ0n) is 11.2. The Balaban J connectivity index is 2.35. The maximum absolute atomic E-state index is 11.8. The van der Waals surface area contributed by atoms with Crippen molar-refractivity contribution in [2.45, 2.75) is 26.4 Å². The molecule has 0 spiro atoms. The third-order valence-electron chi connectivity index (χ3n) is 2.73. The molecule has 2 rings (SSSR count). The molecular formula is C13H17N3O2S. The van der Waals surface area contributed by atoms with Crippen molar-refractivity contribution in [2.75, 3.05) is 7.11 Å². The van der Waals surface area contributed by atoms with Gasteiger partial charge in [0, 0.05) is 12.1 Å². The maximum atomic E-state index is 11.8. The van der Waals surface area contributed by atoms with Gasteiger partial charge in [-0.25, -0.2) is 0 Å². The van der Waals surface area contributed by atoms with Crippen molar-refractivity contribution < 1.29 is 9.53 Å². The first kappa shape index (κ1) is 13.6. The van der Waals surface area contributed by atoms with E-state index in [0.717, 1.165) is 16.8 Å². The van der Waals surface area contributed by atoms with Crippen molar-refractivity contribution in [1.29, 1.82) is 0 Å². The lowest BCUT2D eigenvalue weighted by molar-refractivity contribution is -0.122. The molecule has 0 aliphatic carbocycles. The normalized spacial score (nSPS) is 10.9. The fourth-order valence-corrected chi connectivity index (χ4v) is 2.21. The van der Waals surface area contributed by atoms with E-state index in [-0.39, 0.29) is 18.5 Å². The van der Waals surface area contributed by atoms with Crippen LogP contribution in [0.15, 0.2) is 18.2 Å². The minimum atomic E-state index is -0.0529. The smallest absolute Gasteiger partial charge is 0.240 e. The number of fused-ring (bicyclic) bond motifs is 1. The van der Waals surface area contributed by atoms with Crippen LogP contribution in [0, 0.1) is 4.77 Å². The topological polar surface area (TPSA) is 59.0 Å². The summed E-state index contributed by atoms with van der Waals surface area (Å²) >= 11 is 5.25. The highest BCUT2D eigenvalue weighted by Gasteiger charge is 2.10. The Morgan fingerprint density at radius 1 is 1.53 bits per heavy atom. The molecule has 2 N–H and O–H groups in total. The number of methoxy groups -OCH3 is 1. The molecule has 0 saturated carbocycles. The number of H-pyrrole nitrogens is 1. The third-order valence-corrected chi connectivity index (χ3v) is 3.06.